The van der Waals surface area contributed by atoms with Crippen molar-refractivity contribution in [3.63, 3.8) is 0 Å². The fourth-order valence-electron chi connectivity index (χ4n) is 6.26. The van der Waals surface area contributed by atoms with E-state index in [9.17, 15) is 0 Å². The fraction of sp³-hybridized carbons (Fsp3) is 0.490. The average molecular weight is 732 g/mol. The molecule has 0 aromatic carbocycles. The van der Waals surface area contributed by atoms with Gasteiger partial charge in [0.1, 0.15) is 0 Å². The predicted molar refractivity (Wildman–Crippen MR) is 234 cm³/mol. The van der Waals surface area contributed by atoms with Gasteiger partial charge in [-0.2, -0.15) is 0 Å². The molecule has 5 aromatic rings. The topological polar surface area (TPSA) is 64.5 Å². The molecule has 0 bridgehead atoms. The molecule has 294 valence electrons. The molecule has 5 rings (SSSR count). The lowest BCUT2D eigenvalue weighted by Gasteiger charge is -2.20. The maximum Gasteiger partial charge on any atom is 0.0410 e. The monoisotopic (exact) mass is 732 g/mol. The minimum Gasteiger partial charge on any atom is -0.264 e. The SMILES string of the molecule is Cc1ccc(C(C)C)c(C)n1.Cc1ccncc1C(C)(C)C.Cc1cnccc1C(C)(C)C.Cc1ncccc1C(C)(C)C.Cc1ncccc1C(C)C. The van der Waals surface area contributed by atoms with Gasteiger partial charge in [-0.3, -0.25) is 24.9 Å². The van der Waals surface area contributed by atoms with Crippen molar-refractivity contribution in [2.24, 2.45) is 0 Å². The van der Waals surface area contributed by atoms with Crippen LogP contribution in [0.3, 0.4) is 0 Å². The molecule has 5 heterocycles. The highest BCUT2D eigenvalue weighted by atomic mass is 14.7. The summed E-state index contributed by atoms with van der Waals surface area (Å²) < 4.78 is 0. The summed E-state index contributed by atoms with van der Waals surface area (Å²) in [6, 6.07) is 16.6. The normalized spacial score (nSPS) is 11.2. The third-order valence-electron chi connectivity index (χ3n) is 9.05. The van der Waals surface area contributed by atoms with E-state index in [1.807, 2.05) is 56.2 Å². The van der Waals surface area contributed by atoms with Crippen LogP contribution in [-0.4, -0.2) is 24.9 Å². The van der Waals surface area contributed by atoms with Gasteiger partial charge in [0.15, 0.2) is 0 Å². The summed E-state index contributed by atoms with van der Waals surface area (Å²) in [6.07, 6.45) is 11.2. The van der Waals surface area contributed by atoms with Crippen molar-refractivity contribution in [3.8, 4) is 0 Å². The van der Waals surface area contributed by atoms with Gasteiger partial charge in [0, 0.05) is 60.0 Å². The Labute approximate surface area is 331 Å². The van der Waals surface area contributed by atoms with Crippen LogP contribution in [0, 0.1) is 41.5 Å². The maximum atomic E-state index is 4.39. The summed E-state index contributed by atoms with van der Waals surface area (Å²) in [5.74, 6) is 1.18. The van der Waals surface area contributed by atoms with Crippen LogP contribution in [0.4, 0.5) is 0 Å². The maximum absolute atomic E-state index is 4.39. The lowest BCUT2D eigenvalue weighted by atomic mass is 9.85. The number of hydrogen-bond donors (Lipinski definition) is 0. The number of aryl methyl sites for hydroxylation is 6. The Kier molecular flexibility index (Phi) is 19.1. The van der Waals surface area contributed by atoms with E-state index < -0.39 is 0 Å². The first-order valence-electron chi connectivity index (χ1n) is 19.5. The highest BCUT2D eigenvalue weighted by Crippen LogP contribution is 2.25. The van der Waals surface area contributed by atoms with Crippen molar-refractivity contribution in [1.29, 1.82) is 0 Å². The first-order valence-corrected chi connectivity index (χ1v) is 19.5. The molecule has 0 spiro atoms. The molecular weight excluding hydrogens is 659 g/mol. The van der Waals surface area contributed by atoms with Crippen molar-refractivity contribution in [3.05, 3.63) is 147 Å². The van der Waals surface area contributed by atoms with Crippen LogP contribution in [0.25, 0.3) is 0 Å². The van der Waals surface area contributed by atoms with Gasteiger partial charge < -0.3 is 0 Å². The molecule has 54 heavy (non-hydrogen) atoms. The molecular formula is C49H73N5. The fourth-order valence-corrected chi connectivity index (χ4v) is 6.26. The van der Waals surface area contributed by atoms with E-state index >= 15 is 0 Å². The van der Waals surface area contributed by atoms with Gasteiger partial charge in [-0.25, -0.2) is 0 Å². The Morgan fingerprint density at radius 1 is 0.426 bits per heavy atom. The van der Waals surface area contributed by atoms with E-state index in [1.165, 1.54) is 44.6 Å². The number of rotatable bonds is 2. The largest absolute Gasteiger partial charge is 0.264 e. The third-order valence-corrected chi connectivity index (χ3v) is 9.05. The van der Waals surface area contributed by atoms with Crippen LogP contribution in [0.1, 0.15) is 164 Å². The lowest BCUT2D eigenvalue weighted by Crippen LogP contribution is -2.13. The van der Waals surface area contributed by atoms with E-state index in [-0.39, 0.29) is 16.2 Å². The molecule has 5 aromatic heterocycles. The lowest BCUT2D eigenvalue weighted by molar-refractivity contribution is 0.582. The van der Waals surface area contributed by atoms with Crippen LogP contribution in [-0.2, 0) is 16.2 Å². The number of aromatic nitrogens is 5. The van der Waals surface area contributed by atoms with Crippen molar-refractivity contribution in [2.45, 2.75) is 160 Å². The Balaban J connectivity index is 0.000000338. The van der Waals surface area contributed by atoms with Crippen LogP contribution < -0.4 is 0 Å². The van der Waals surface area contributed by atoms with Crippen LogP contribution >= 0.6 is 0 Å². The van der Waals surface area contributed by atoms with Gasteiger partial charge in [-0.1, -0.05) is 108 Å². The van der Waals surface area contributed by atoms with Gasteiger partial charge in [0.05, 0.1) is 0 Å². The zero-order chi connectivity index (χ0) is 41.4. The average Bonchev–Trinajstić information content (AvgIpc) is 3.05. The minimum atomic E-state index is 0.221. The second-order valence-electron chi connectivity index (χ2n) is 17.9. The summed E-state index contributed by atoms with van der Waals surface area (Å²) in [5, 5.41) is 0. The summed E-state index contributed by atoms with van der Waals surface area (Å²) in [4.78, 5) is 21.0. The van der Waals surface area contributed by atoms with Gasteiger partial charge in [0.25, 0.3) is 0 Å². The van der Waals surface area contributed by atoms with Gasteiger partial charge >= 0.3 is 0 Å². The molecule has 0 radical (unpaired) electrons. The molecule has 0 N–H and O–H groups in total. The third kappa shape index (κ3) is 16.8. The van der Waals surface area contributed by atoms with Crippen molar-refractivity contribution in [2.75, 3.05) is 0 Å². The van der Waals surface area contributed by atoms with Gasteiger partial charge in [0.2, 0.25) is 0 Å². The Morgan fingerprint density at radius 2 is 0.907 bits per heavy atom. The number of hydrogen-bond acceptors (Lipinski definition) is 5. The molecule has 5 nitrogen and oxygen atoms in total. The summed E-state index contributed by atoms with van der Waals surface area (Å²) in [6.45, 7) is 41.1. The molecule has 0 aliphatic carbocycles. The van der Waals surface area contributed by atoms with E-state index in [4.69, 9.17) is 0 Å². The van der Waals surface area contributed by atoms with Crippen molar-refractivity contribution in [1.82, 2.24) is 24.9 Å². The second-order valence-corrected chi connectivity index (χ2v) is 17.9. The Morgan fingerprint density at radius 3 is 1.28 bits per heavy atom. The van der Waals surface area contributed by atoms with Crippen LogP contribution in [0.5, 0.6) is 0 Å². The molecule has 0 saturated carbocycles. The first-order chi connectivity index (χ1) is 24.9. The number of pyridine rings is 5. The molecule has 0 saturated heterocycles. The molecule has 0 unspecified atom stereocenters. The van der Waals surface area contributed by atoms with E-state index in [0.717, 1.165) is 17.1 Å². The zero-order valence-electron chi connectivity index (χ0n) is 37.5. The zero-order valence-corrected chi connectivity index (χ0v) is 37.5. The Bertz CT molecular complexity index is 1700. The Hall–Kier alpha value is -4.25. The van der Waals surface area contributed by atoms with Crippen LogP contribution in [0.2, 0.25) is 0 Å². The molecule has 0 atom stereocenters. The molecule has 0 aliphatic heterocycles. The van der Waals surface area contributed by atoms with E-state index in [1.54, 1.807) is 0 Å². The molecule has 0 fully saturated rings. The highest BCUT2D eigenvalue weighted by Gasteiger charge is 2.17. The smallest absolute Gasteiger partial charge is 0.0410 e. The molecule has 0 amide bonds. The highest BCUT2D eigenvalue weighted by molar-refractivity contribution is 5.29. The quantitative estimate of drug-likeness (QED) is 0.181. The van der Waals surface area contributed by atoms with Crippen molar-refractivity contribution >= 4 is 0 Å². The summed E-state index contributed by atoms with van der Waals surface area (Å²) in [5.41, 5.74) is 14.6. The predicted octanol–water partition coefficient (Wildman–Crippen LogP) is 13.4. The van der Waals surface area contributed by atoms with E-state index in [0.29, 0.717) is 11.8 Å². The van der Waals surface area contributed by atoms with Gasteiger partial charge in [-0.05, 0) is 139 Å². The molecule has 5 heteroatoms. The van der Waals surface area contributed by atoms with E-state index in [2.05, 4.69) is 186 Å². The molecule has 0 aliphatic rings. The van der Waals surface area contributed by atoms with Crippen LogP contribution in [0.15, 0.2) is 85.7 Å². The summed E-state index contributed by atoms with van der Waals surface area (Å²) >= 11 is 0. The van der Waals surface area contributed by atoms with Gasteiger partial charge in [-0.15, -0.1) is 0 Å². The van der Waals surface area contributed by atoms with Crippen molar-refractivity contribution < 1.29 is 0 Å². The standard InChI is InChI=1S/4C10H15N.C9H13N/c1-8-7-11-6-5-9(8)10(2,3)4;1-8-5-6-11-7-9(8)10(2,3)4;1-8-9(10(2,3)4)6-5-7-11-8;1-7(2)10-6-5-8(3)11-9(10)4;1-7(2)9-5-4-6-10-8(9)3/h4*5-7H,1-4H3;4-7H,1-3H3. The second kappa shape index (κ2) is 21.6. The number of nitrogens with zero attached hydrogens (tertiary/aromatic N) is 5. The summed E-state index contributed by atoms with van der Waals surface area (Å²) in [7, 11) is 0. The first kappa shape index (κ1) is 47.8. The minimum absolute atomic E-state index is 0.221.